The minimum Gasteiger partial charge on any atom is -0.436 e. The Bertz CT molecular complexity index is 617. The molecule has 4 nitrogen and oxygen atoms in total. The molecule has 1 atom stereocenters. The Morgan fingerprint density at radius 2 is 2.10 bits per heavy atom. The number of benzene rings is 1. The summed E-state index contributed by atoms with van der Waals surface area (Å²) in [4.78, 5) is 11.8. The summed E-state index contributed by atoms with van der Waals surface area (Å²) < 4.78 is 20.1. The van der Waals surface area contributed by atoms with Crippen molar-refractivity contribution >= 4 is 23.4 Å². The fourth-order valence-electron chi connectivity index (χ4n) is 3.50. The highest BCUT2D eigenvalue weighted by Crippen LogP contribution is 2.57. The molecule has 6 heteroatoms. The lowest BCUT2D eigenvalue weighted by Gasteiger charge is -2.44. The van der Waals surface area contributed by atoms with E-state index in [0.717, 1.165) is 19.4 Å². The van der Waals surface area contributed by atoms with Gasteiger partial charge in [0.05, 0.1) is 16.3 Å². The van der Waals surface area contributed by atoms with Gasteiger partial charge in [0, 0.05) is 13.1 Å². The number of carbonyl (C=O) groups excluding carboxylic acids is 1. The van der Waals surface area contributed by atoms with Gasteiger partial charge in [-0.15, -0.1) is 0 Å². The van der Waals surface area contributed by atoms with E-state index in [0.29, 0.717) is 24.2 Å². The highest BCUT2D eigenvalue weighted by Gasteiger charge is 2.57. The van der Waals surface area contributed by atoms with E-state index in [9.17, 15) is 9.18 Å². The first-order chi connectivity index (χ1) is 9.54. The zero-order chi connectivity index (χ0) is 14.0. The van der Waals surface area contributed by atoms with E-state index < -0.39 is 17.5 Å². The van der Waals surface area contributed by atoms with E-state index in [1.165, 1.54) is 6.07 Å². The molecule has 0 bridgehead atoms. The van der Waals surface area contributed by atoms with Crippen LogP contribution < -0.4 is 10.6 Å². The second-order valence-electron chi connectivity index (χ2n) is 6.07. The third-order valence-corrected chi connectivity index (χ3v) is 4.90. The largest absolute Gasteiger partial charge is 0.436 e. The fourth-order valence-corrected chi connectivity index (χ4v) is 3.66. The molecular weight excluding hydrogens is 283 g/mol. The molecule has 20 heavy (non-hydrogen) atoms. The molecule has 106 valence electrons. The molecule has 1 amide bonds. The van der Waals surface area contributed by atoms with Gasteiger partial charge in [0.2, 0.25) is 0 Å². The summed E-state index contributed by atoms with van der Waals surface area (Å²) in [6.45, 7) is 1.32. The Labute approximate surface area is 120 Å². The number of piperidine rings is 1. The molecule has 2 aliphatic heterocycles. The monoisotopic (exact) mass is 296 g/mol. The molecule has 1 saturated heterocycles. The van der Waals surface area contributed by atoms with Gasteiger partial charge in [0.15, 0.2) is 11.4 Å². The van der Waals surface area contributed by atoms with Gasteiger partial charge in [-0.25, -0.2) is 9.18 Å². The highest BCUT2D eigenvalue weighted by atomic mass is 35.5. The Morgan fingerprint density at radius 1 is 1.30 bits per heavy atom. The number of hydrogen-bond donors (Lipinski definition) is 2. The molecule has 3 aliphatic rings. The summed E-state index contributed by atoms with van der Waals surface area (Å²) >= 11 is 5.91. The molecule has 2 spiro atoms. The molecule has 4 rings (SSSR count). The molecule has 1 saturated carbocycles. The summed E-state index contributed by atoms with van der Waals surface area (Å²) in [6, 6.07) is 3.09. The van der Waals surface area contributed by atoms with Gasteiger partial charge >= 0.3 is 6.09 Å². The average Bonchev–Trinajstić information content (AvgIpc) is 3.12. The van der Waals surface area contributed by atoms with Crippen molar-refractivity contribution in [1.82, 2.24) is 5.32 Å². The van der Waals surface area contributed by atoms with Crippen LogP contribution in [0.25, 0.3) is 0 Å². The van der Waals surface area contributed by atoms with E-state index in [1.54, 1.807) is 6.07 Å². The zero-order valence-corrected chi connectivity index (χ0v) is 11.5. The zero-order valence-electron chi connectivity index (χ0n) is 10.8. The van der Waals surface area contributed by atoms with Crippen LogP contribution in [0.1, 0.15) is 24.8 Å². The standard InChI is InChI=1S/C14H14ClFN2O2/c15-8-1-2-9-10(11(8)16)14(20-12(19)18-9)5-13(3-4-13)6-17-7-14/h1-2,17H,3-7H2,(H,18,19). The number of rotatable bonds is 0. The SMILES string of the molecule is O=C1Nc2ccc(Cl)c(F)c2C2(CNCC3(CC3)C2)O1. The molecule has 2 N–H and O–H groups in total. The lowest BCUT2D eigenvalue weighted by atomic mass is 9.78. The van der Waals surface area contributed by atoms with E-state index >= 15 is 0 Å². The predicted molar refractivity (Wildman–Crippen MR) is 72.3 cm³/mol. The van der Waals surface area contributed by atoms with Crippen LogP contribution in [-0.2, 0) is 10.3 Å². The van der Waals surface area contributed by atoms with Gasteiger partial charge in [-0.1, -0.05) is 11.6 Å². The summed E-state index contributed by atoms with van der Waals surface area (Å²) in [7, 11) is 0. The van der Waals surface area contributed by atoms with Crippen molar-refractivity contribution in [2.24, 2.45) is 5.41 Å². The van der Waals surface area contributed by atoms with Gasteiger partial charge in [0.25, 0.3) is 0 Å². The van der Waals surface area contributed by atoms with Crippen LogP contribution in [0.3, 0.4) is 0 Å². The number of ether oxygens (including phenoxy) is 1. The first-order valence-electron chi connectivity index (χ1n) is 6.73. The number of fused-ring (bicyclic) bond motifs is 2. The Balaban J connectivity index is 1.89. The van der Waals surface area contributed by atoms with Crippen LogP contribution in [0.2, 0.25) is 5.02 Å². The number of halogens is 2. The van der Waals surface area contributed by atoms with Crippen molar-refractivity contribution < 1.29 is 13.9 Å². The quantitative estimate of drug-likeness (QED) is 0.774. The topological polar surface area (TPSA) is 50.4 Å². The van der Waals surface area contributed by atoms with E-state index in [2.05, 4.69) is 10.6 Å². The highest BCUT2D eigenvalue weighted by molar-refractivity contribution is 6.31. The molecule has 1 aromatic rings. The van der Waals surface area contributed by atoms with Crippen LogP contribution in [0.15, 0.2) is 12.1 Å². The van der Waals surface area contributed by atoms with Crippen molar-refractivity contribution in [2.45, 2.75) is 24.9 Å². The van der Waals surface area contributed by atoms with Crippen LogP contribution >= 0.6 is 11.6 Å². The number of amides is 1. The van der Waals surface area contributed by atoms with Crippen LogP contribution in [-0.4, -0.2) is 19.2 Å². The van der Waals surface area contributed by atoms with Gasteiger partial charge in [-0.2, -0.15) is 0 Å². The van der Waals surface area contributed by atoms with Crippen LogP contribution in [0, 0.1) is 11.2 Å². The van der Waals surface area contributed by atoms with Crippen molar-refractivity contribution in [2.75, 3.05) is 18.4 Å². The van der Waals surface area contributed by atoms with Crippen molar-refractivity contribution in [3.05, 3.63) is 28.5 Å². The van der Waals surface area contributed by atoms with Gasteiger partial charge in [-0.3, -0.25) is 5.32 Å². The number of anilines is 1. The summed E-state index contributed by atoms with van der Waals surface area (Å²) in [5.74, 6) is -0.497. The van der Waals surface area contributed by atoms with Crippen LogP contribution in [0.4, 0.5) is 14.9 Å². The summed E-state index contributed by atoms with van der Waals surface area (Å²) in [6.07, 6.45) is 2.30. The lowest BCUT2D eigenvalue weighted by molar-refractivity contribution is -0.0305. The maximum atomic E-state index is 14.5. The van der Waals surface area contributed by atoms with Crippen molar-refractivity contribution in [3.63, 3.8) is 0 Å². The van der Waals surface area contributed by atoms with Crippen LogP contribution in [0.5, 0.6) is 0 Å². The van der Waals surface area contributed by atoms with E-state index in [1.807, 2.05) is 0 Å². The van der Waals surface area contributed by atoms with E-state index in [4.69, 9.17) is 16.3 Å². The molecule has 2 heterocycles. The van der Waals surface area contributed by atoms with Gasteiger partial charge in [0.1, 0.15) is 0 Å². The summed E-state index contributed by atoms with van der Waals surface area (Å²) in [5.41, 5.74) is 0.0364. The fraction of sp³-hybridized carbons (Fsp3) is 0.500. The minimum atomic E-state index is -0.943. The normalized spacial score (nSPS) is 29.8. The van der Waals surface area contributed by atoms with Gasteiger partial charge in [-0.05, 0) is 36.8 Å². The minimum absolute atomic E-state index is 0.0540. The Morgan fingerprint density at radius 3 is 2.85 bits per heavy atom. The smallest absolute Gasteiger partial charge is 0.412 e. The molecule has 0 aromatic heterocycles. The number of hydrogen-bond acceptors (Lipinski definition) is 3. The molecule has 1 unspecified atom stereocenters. The number of carbonyl (C=O) groups is 1. The first kappa shape index (κ1) is 12.4. The third-order valence-electron chi connectivity index (χ3n) is 4.60. The first-order valence-corrected chi connectivity index (χ1v) is 7.11. The lowest BCUT2D eigenvalue weighted by Crippen LogP contribution is -2.54. The van der Waals surface area contributed by atoms with Gasteiger partial charge < -0.3 is 10.1 Å². The summed E-state index contributed by atoms with van der Waals surface area (Å²) in [5, 5.41) is 5.91. The second kappa shape index (κ2) is 3.86. The molecule has 2 fully saturated rings. The third kappa shape index (κ3) is 1.66. The second-order valence-corrected chi connectivity index (χ2v) is 6.48. The maximum Gasteiger partial charge on any atom is 0.412 e. The Hall–Kier alpha value is -1.33. The average molecular weight is 297 g/mol. The molecule has 0 radical (unpaired) electrons. The van der Waals surface area contributed by atoms with E-state index in [-0.39, 0.29) is 10.4 Å². The molecule has 1 aromatic carbocycles. The predicted octanol–water partition coefficient (Wildman–Crippen LogP) is 3.01. The van der Waals surface area contributed by atoms with Crippen molar-refractivity contribution in [1.29, 1.82) is 0 Å². The van der Waals surface area contributed by atoms with Crippen molar-refractivity contribution in [3.8, 4) is 0 Å². The molecule has 1 aliphatic carbocycles. The maximum absolute atomic E-state index is 14.5. The Kier molecular flexibility index (Phi) is 2.40. The molecular formula is C14H14ClFN2O2. The number of nitrogens with one attached hydrogen (secondary N) is 2.